The number of piperazine rings is 1. The molecule has 2 heterocycles. The smallest absolute Gasteiger partial charge is 0.253 e. The Morgan fingerprint density at radius 1 is 1.11 bits per heavy atom. The van der Waals surface area contributed by atoms with Gasteiger partial charge in [0.25, 0.3) is 5.91 Å². The van der Waals surface area contributed by atoms with Gasteiger partial charge in [0.15, 0.2) is 0 Å². The highest BCUT2D eigenvalue weighted by Crippen LogP contribution is 2.40. The summed E-state index contributed by atoms with van der Waals surface area (Å²) in [4.78, 5) is 15.3. The second-order valence-corrected chi connectivity index (χ2v) is 8.51. The van der Waals surface area contributed by atoms with Gasteiger partial charge in [-0.1, -0.05) is 23.7 Å². The van der Waals surface area contributed by atoms with Gasteiger partial charge in [-0.25, -0.2) is 3.11 Å². The van der Waals surface area contributed by atoms with Gasteiger partial charge < -0.3 is 14.4 Å². The second-order valence-electron chi connectivity index (χ2n) is 6.71. The maximum absolute atomic E-state index is 13.4. The molecule has 0 atom stereocenters. The summed E-state index contributed by atoms with van der Waals surface area (Å²) < 4.78 is 13.6. The van der Waals surface area contributed by atoms with Crippen LogP contribution in [0.2, 0.25) is 5.02 Å². The fraction of sp³-hybridized carbons (Fsp3) is 0.286. The number of ether oxygens (including phenoxy) is 2. The lowest BCUT2D eigenvalue weighted by molar-refractivity contribution is -0.128. The minimum atomic E-state index is 0.0305. The van der Waals surface area contributed by atoms with E-state index in [2.05, 4.69) is 26.0 Å². The van der Waals surface area contributed by atoms with Crippen molar-refractivity contribution in [1.29, 1.82) is 0 Å². The minimum Gasteiger partial charge on any atom is -0.497 e. The first-order valence-corrected chi connectivity index (χ1v) is 10.4. The summed E-state index contributed by atoms with van der Waals surface area (Å²) in [6.07, 6.45) is 0. The van der Waals surface area contributed by atoms with Crippen molar-refractivity contribution in [2.24, 2.45) is 0 Å². The first-order chi connectivity index (χ1) is 13.6. The summed E-state index contributed by atoms with van der Waals surface area (Å²) >= 11 is 8.39. The highest BCUT2D eigenvalue weighted by Gasteiger charge is 2.30. The Bertz CT molecular complexity index is 922. The number of hydrogen-bond donors (Lipinski definition) is 0. The number of amides is 1. The van der Waals surface area contributed by atoms with E-state index in [-0.39, 0.29) is 12.5 Å². The Hall–Kier alpha value is -1.77. The van der Waals surface area contributed by atoms with E-state index < -0.39 is 0 Å². The van der Waals surface area contributed by atoms with Crippen LogP contribution in [-0.4, -0.2) is 53.8 Å². The molecule has 1 fully saturated rings. The Kier molecular flexibility index (Phi) is 5.80. The van der Waals surface area contributed by atoms with Crippen molar-refractivity contribution in [1.82, 2.24) is 8.01 Å². The maximum atomic E-state index is 13.4. The molecule has 0 aliphatic carbocycles. The van der Waals surface area contributed by atoms with Crippen LogP contribution in [0.25, 0.3) is 5.57 Å². The number of carbonyl (C=O) groups is 1. The van der Waals surface area contributed by atoms with E-state index in [1.165, 1.54) is 0 Å². The highest BCUT2D eigenvalue weighted by atomic mass is 127. The zero-order chi connectivity index (χ0) is 19.7. The van der Waals surface area contributed by atoms with Crippen LogP contribution in [0.3, 0.4) is 0 Å². The molecule has 146 valence electrons. The average Bonchev–Trinajstić information content (AvgIpc) is 2.73. The van der Waals surface area contributed by atoms with Crippen molar-refractivity contribution in [2.75, 3.05) is 39.9 Å². The predicted molar refractivity (Wildman–Crippen MR) is 118 cm³/mol. The molecule has 2 aromatic rings. The van der Waals surface area contributed by atoms with Crippen LogP contribution in [0.1, 0.15) is 11.1 Å². The van der Waals surface area contributed by atoms with Gasteiger partial charge in [0, 0.05) is 65.2 Å². The van der Waals surface area contributed by atoms with Crippen molar-refractivity contribution in [3.63, 3.8) is 0 Å². The minimum absolute atomic E-state index is 0.0305. The fourth-order valence-corrected chi connectivity index (χ4v) is 4.09. The molecule has 0 saturated carbocycles. The molecule has 28 heavy (non-hydrogen) atoms. The predicted octanol–water partition coefficient (Wildman–Crippen LogP) is 4.04. The number of benzene rings is 2. The number of carbonyl (C=O) groups excluding carboxylic acids is 1. The van der Waals surface area contributed by atoms with Crippen molar-refractivity contribution in [3.8, 4) is 11.5 Å². The summed E-state index contributed by atoms with van der Waals surface area (Å²) in [6, 6.07) is 13.3. The van der Waals surface area contributed by atoms with E-state index >= 15 is 0 Å². The van der Waals surface area contributed by atoms with E-state index in [0.717, 1.165) is 41.3 Å². The molecular weight excluding hydrogens is 491 g/mol. The molecule has 2 aliphatic heterocycles. The third-order valence-electron chi connectivity index (χ3n) is 5.03. The number of nitrogens with zero attached hydrogens (tertiary/aromatic N) is 2. The van der Waals surface area contributed by atoms with Crippen LogP contribution in [0.5, 0.6) is 11.5 Å². The van der Waals surface area contributed by atoms with Crippen LogP contribution in [0.15, 0.2) is 48.0 Å². The molecule has 2 aromatic carbocycles. The van der Waals surface area contributed by atoms with Gasteiger partial charge in [-0.15, -0.1) is 0 Å². The average molecular weight is 511 g/mol. The van der Waals surface area contributed by atoms with E-state index in [4.69, 9.17) is 21.1 Å². The van der Waals surface area contributed by atoms with Gasteiger partial charge in [0.05, 0.1) is 12.7 Å². The molecule has 0 radical (unpaired) electrons. The molecule has 7 heteroatoms. The van der Waals surface area contributed by atoms with Gasteiger partial charge in [-0.2, -0.15) is 0 Å². The lowest BCUT2D eigenvalue weighted by atomic mass is 9.90. The van der Waals surface area contributed by atoms with E-state index in [0.29, 0.717) is 23.7 Å². The zero-order valence-corrected chi connectivity index (χ0v) is 18.4. The lowest BCUT2D eigenvalue weighted by Gasteiger charge is -2.33. The number of fused-ring (bicyclic) bond motifs is 1. The Morgan fingerprint density at radius 3 is 2.50 bits per heavy atom. The number of rotatable bonds is 3. The molecular formula is C21H20ClIN2O3. The molecule has 4 rings (SSSR count). The molecule has 1 saturated heterocycles. The second kappa shape index (κ2) is 8.31. The number of halogens is 2. The van der Waals surface area contributed by atoms with Crippen LogP contribution in [0.4, 0.5) is 0 Å². The molecule has 0 N–H and O–H groups in total. The van der Waals surface area contributed by atoms with Crippen LogP contribution < -0.4 is 9.47 Å². The van der Waals surface area contributed by atoms with Crippen LogP contribution in [0, 0.1) is 0 Å². The lowest BCUT2D eigenvalue weighted by Crippen LogP contribution is -2.46. The molecule has 5 nitrogen and oxygen atoms in total. The Morgan fingerprint density at radius 2 is 1.82 bits per heavy atom. The number of hydrogen-bond acceptors (Lipinski definition) is 4. The number of methoxy groups -OCH3 is 1. The van der Waals surface area contributed by atoms with Crippen molar-refractivity contribution in [3.05, 3.63) is 64.2 Å². The first kappa shape index (κ1) is 19.5. The Labute approximate surface area is 183 Å². The van der Waals surface area contributed by atoms with E-state index in [1.54, 1.807) is 7.11 Å². The summed E-state index contributed by atoms with van der Waals surface area (Å²) in [5.41, 5.74) is 3.37. The maximum Gasteiger partial charge on any atom is 0.253 e. The normalized spacial score (nSPS) is 17.2. The molecule has 0 unspecified atom stereocenters. The summed E-state index contributed by atoms with van der Waals surface area (Å²) in [6.45, 7) is 3.40. The Balaban J connectivity index is 1.82. The van der Waals surface area contributed by atoms with Gasteiger partial charge in [-0.3, -0.25) is 4.79 Å². The topological polar surface area (TPSA) is 42.0 Å². The van der Waals surface area contributed by atoms with Gasteiger partial charge in [0.2, 0.25) is 0 Å². The molecule has 0 aromatic heterocycles. The summed E-state index contributed by atoms with van der Waals surface area (Å²) in [7, 11) is 1.63. The van der Waals surface area contributed by atoms with E-state index in [1.807, 2.05) is 47.4 Å². The van der Waals surface area contributed by atoms with Crippen molar-refractivity contribution >= 4 is 45.9 Å². The first-order valence-electron chi connectivity index (χ1n) is 9.07. The fourth-order valence-electron chi connectivity index (χ4n) is 3.53. The molecule has 1 amide bonds. The third kappa shape index (κ3) is 3.86. The monoisotopic (exact) mass is 510 g/mol. The molecule has 0 spiro atoms. The summed E-state index contributed by atoms with van der Waals surface area (Å²) in [5.74, 6) is 1.50. The quantitative estimate of drug-likeness (QED) is 0.462. The van der Waals surface area contributed by atoms with Crippen molar-refractivity contribution in [2.45, 2.75) is 0 Å². The van der Waals surface area contributed by atoms with Crippen LogP contribution >= 0.6 is 34.5 Å². The van der Waals surface area contributed by atoms with Crippen LogP contribution in [-0.2, 0) is 4.79 Å². The largest absolute Gasteiger partial charge is 0.497 e. The molecule has 2 aliphatic rings. The third-order valence-corrected chi connectivity index (χ3v) is 6.25. The SMILES string of the molecule is COc1ccc2c(c1)C(c1ccc(Cl)cc1)=C(C(=O)N1CCN(I)CC1)CO2. The highest BCUT2D eigenvalue weighted by molar-refractivity contribution is 14.1. The van der Waals surface area contributed by atoms with E-state index in [9.17, 15) is 4.79 Å². The van der Waals surface area contributed by atoms with Crippen molar-refractivity contribution < 1.29 is 14.3 Å². The standard InChI is InChI=1S/C21H20ClIN2O3/c1-27-16-6-7-19-17(12-16)20(14-2-4-15(22)5-3-14)18(13-28-19)21(26)24-8-10-25(23)11-9-24/h2-7,12H,8-11,13H2,1H3. The molecule has 0 bridgehead atoms. The van der Waals surface area contributed by atoms with Gasteiger partial charge in [-0.05, 0) is 35.9 Å². The van der Waals surface area contributed by atoms with Gasteiger partial charge >= 0.3 is 0 Å². The summed E-state index contributed by atoms with van der Waals surface area (Å²) in [5, 5.41) is 0.660. The van der Waals surface area contributed by atoms with Gasteiger partial charge in [0.1, 0.15) is 18.1 Å². The zero-order valence-electron chi connectivity index (χ0n) is 15.5.